The zero-order valence-corrected chi connectivity index (χ0v) is 26.8. The number of sulfonamides is 1. The number of fused-ring (bicyclic) bond motifs is 1. The average Bonchev–Trinajstić information content (AvgIpc) is 3.08. The van der Waals surface area contributed by atoms with E-state index in [1.165, 1.54) is 41.8 Å². The van der Waals surface area contributed by atoms with Crippen molar-refractivity contribution in [3.63, 3.8) is 0 Å². The minimum atomic E-state index is -4.27. The number of benzene rings is 4. The van der Waals surface area contributed by atoms with Crippen molar-refractivity contribution >= 4 is 15.9 Å². The van der Waals surface area contributed by atoms with Gasteiger partial charge in [0.15, 0.2) is 11.5 Å². The Hall–Kier alpha value is -4.14. The first-order valence-electron chi connectivity index (χ1n) is 15.6. The Balaban J connectivity index is 1.49. The molecule has 0 unspecified atom stereocenters. The fraction of sp³-hybridized carbons (Fsp3) is 0.324. The summed E-state index contributed by atoms with van der Waals surface area (Å²) in [5.74, 6) is 0.284. The van der Waals surface area contributed by atoms with Crippen molar-refractivity contribution in [2.24, 2.45) is 0 Å². The Labute approximate surface area is 267 Å². The molecular formula is C37H42N2O5S. The molecule has 1 N–H and O–H groups in total. The van der Waals surface area contributed by atoms with Crippen LogP contribution in [0, 0.1) is 0 Å². The summed E-state index contributed by atoms with van der Waals surface area (Å²) >= 11 is 0. The summed E-state index contributed by atoms with van der Waals surface area (Å²) < 4.78 is 41.2. The number of carbonyl (C=O) groups excluding carboxylic acids is 1. The predicted octanol–water partition coefficient (Wildman–Crippen LogP) is 6.35. The van der Waals surface area contributed by atoms with E-state index in [1.54, 1.807) is 6.07 Å². The molecule has 1 amide bonds. The van der Waals surface area contributed by atoms with Crippen molar-refractivity contribution in [2.75, 3.05) is 14.2 Å². The molecule has 1 aliphatic rings. The van der Waals surface area contributed by atoms with Crippen LogP contribution in [-0.2, 0) is 40.6 Å². The highest BCUT2D eigenvalue weighted by Gasteiger charge is 2.40. The Morgan fingerprint density at radius 1 is 0.778 bits per heavy atom. The van der Waals surface area contributed by atoms with Gasteiger partial charge in [0.1, 0.15) is 0 Å². The Kier molecular flexibility index (Phi) is 10.9. The van der Waals surface area contributed by atoms with Crippen molar-refractivity contribution < 1.29 is 22.7 Å². The van der Waals surface area contributed by atoms with Crippen molar-refractivity contribution in [1.29, 1.82) is 0 Å². The smallest absolute Gasteiger partial charge is 0.266 e. The van der Waals surface area contributed by atoms with E-state index in [9.17, 15) is 13.2 Å². The largest absolute Gasteiger partial charge is 0.493 e. The summed E-state index contributed by atoms with van der Waals surface area (Å²) in [7, 11) is -1.29. The molecule has 4 aromatic rings. The van der Waals surface area contributed by atoms with Crippen LogP contribution in [0.1, 0.15) is 47.9 Å². The van der Waals surface area contributed by atoms with Crippen LogP contribution in [0.4, 0.5) is 0 Å². The summed E-state index contributed by atoms with van der Waals surface area (Å²) in [6.07, 6.45) is 4.59. The monoisotopic (exact) mass is 626 g/mol. The third-order valence-electron chi connectivity index (χ3n) is 8.53. The third-order valence-corrected chi connectivity index (χ3v) is 10.4. The molecule has 0 spiro atoms. The van der Waals surface area contributed by atoms with Crippen LogP contribution in [0.25, 0.3) is 0 Å². The summed E-state index contributed by atoms with van der Waals surface area (Å²) in [4.78, 5) is 14.5. The van der Waals surface area contributed by atoms with Crippen LogP contribution < -0.4 is 14.8 Å². The lowest BCUT2D eigenvalue weighted by molar-refractivity contribution is -0.130. The number of hydrogen-bond acceptors (Lipinski definition) is 6. The molecule has 8 heteroatoms. The van der Waals surface area contributed by atoms with Crippen LogP contribution in [0.3, 0.4) is 0 Å². The maximum absolute atomic E-state index is 14.6. The zero-order chi connectivity index (χ0) is 31.6. The second kappa shape index (κ2) is 15.2. The molecule has 1 atom stereocenters. The van der Waals surface area contributed by atoms with Gasteiger partial charge in [-0.05, 0) is 79.3 Å². The molecule has 4 aromatic carbocycles. The molecule has 0 aromatic heterocycles. The van der Waals surface area contributed by atoms with E-state index < -0.39 is 28.0 Å². The molecule has 0 fully saturated rings. The number of amides is 1. The number of aryl methyl sites for hydroxylation is 2. The van der Waals surface area contributed by atoms with E-state index in [-0.39, 0.29) is 4.90 Å². The van der Waals surface area contributed by atoms with Crippen molar-refractivity contribution in [3.8, 4) is 11.5 Å². The topological polar surface area (TPSA) is 84.9 Å². The molecule has 7 nitrogen and oxygen atoms in total. The van der Waals surface area contributed by atoms with Crippen LogP contribution in [0.5, 0.6) is 11.5 Å². The van der Waals surface area contributed by atoms with E-state index in [0.29, 0.717) is 37.3 Å². The van der Waals surface area contributed by atoms with Gasteiger partial charge in [0, 0.05) is 18.7 Å². The van der Waals surface area contributed by atoms with Crippen molar-refractivity contribution in [2.45, 2.75) is 68.5 Å². The number of methoxy groups -OCH3 is 2. The van der Waals surface area contributed by atoms with Crippen LogP contribution >= 0.6 is 0 Å². The molecular weight excluding hydrogens is 584 g/mol. The Morgan fingerprint density at radius 2 is 1.33 bits per heavy atom. The van der Waals surface area contributed by atoms with Crippen molar-refractivity contribution in [3.05, 3.63) is 125 Å². The maximum Gasteiger partial charge on any atom is 0.266 e. The number of ether oxygens (including phenoxy) is 2. The number of nitrogens with zero attached hydrogens (tertiary/aromatic N) is 1. The second-order valence-electron chi connectivity index (χ2n) is 11.5. The van der Waals surface area contributed by atoms with Gasteiger partial charge < -0.3 is 14.8 Å². The number of hydrogen-bond donors (Lipinski definition) is 1. The molecule has 0 saturated carbocycles. The standard InChI is InChI=1S/C37H42N2O5S/c1-43-35-24-23-33(26-36(35)44-2)45(41,42)39(37(40)34-25-30-19-9-10-20-31(30)27-38-34)32(21-11-17-28-13-5-3-6-14-28)22-12-18-29-15-7-4-8-16-29/h3-10,13-16,19-20,23-24,26,32,34,38H,11-12,17-18,21-22,25,27H2,1-2H3/t34-/m0/s1. The van der Waals surface area contributed by atoms with Gasteiger partial charge in [0.05, 0.1) is 25.2 Å². The number of nitrogens with one attached hydrogen (secondary N) is 1. The molecule has 236 valence electrons. The molecule has 1 aliphatic heterocycles. The number of carbonyl (C=O) groups is 1. The van der Waals surface area contributed by atoms with Gasteiger partial charge in [-0.25, -0.2) is 12.7 Å². The predicted molar refractivity (Wildman–Crippen MR) is 177 cm³/mol. The maximum atomic E-state index is 14.6. The first kappa shape index (κ1) is 32.3. The normalized spacial score (nSPS) is 14.5. The molecule has 1 heterocycles. The molecule has 0 saturated heterocycles. The lowest BCUT2D eigenvalue weighted by atomic mass is 9.94. The molecule has 5 rings (SSSR count). The van der Waals surface area contributed by atoms with Crippen LogP contribution in [0.15, 0.2) is 108 Å². The summed E-state index contributed by atoms with van der Waals surface area (Å²) in [6.45, 7) is 0.503. The van der Waals surface area contributed by atoms with Crippen molar-refractivity contribution in [1.82, 2.24) is 9.62 Å². The van der Waals surface area contributed by atoms with Crippen LogP contribution in [0.2, 0.25) is 0 Å². The van der Waals surface area contributed by atoms with Gasteiger partial charge >= 0.3 is 0 Å². The lowest BCUT2D eigenvalue weighted by Gasteiger charge is -2.36. The van der Waals surface area contributed by atoms with Crippen LogP contribution in [-0.4, -0.2) is 44.9 Å². The van der Waals surface area contributed by atoms with E-state index >= 15 is 0 Å². The number of rotatable bonds is 14. The first-order valence-corrected chi connectivity index (χ1v) is 17.0. The second-order valence-corrected chi connectivity index (χ2v) is 13.3. The third kappa shape index (κ3) is 7.93. The zero-order valence-electron chi connectivity index (χ0n) is 26.0. The highest BCUT2D eigenvalue weighted by Crippen LogP contribution is 2.33. The lowest BCUT2D eigenvalue weighted by Crippen LogP contribution is -2.54. The van der Waals surface area contributed by atoms with E-state index in [4.69, 9.17) is 9.47 Å². The molecule has 0 bridgehead atoms. The fourth-order valence-electron chi connectivity index (χ4n) is 6.12. The fourth-order valence-corrected chi connectivity index (χ4v) is 7.81. The SMILES string of the molecule is COc1ccc(S(=O)(=O)N(C(=O)[C@@H]2Cc3ccccc3CN2)C(CCCc2ccccc2)CCCc2ccccc2)cc1OC. The molecule has 0 aliphatic carbocycles. The van der Waals surface area contributed by atoms with Gasteiger partial charge in [-0.1, -0.05) is 84.9 Å². The Morgan fingerprint density at radius 3 is 1.91 bits per heavy atom. The van der Waals surface area contributed by atoms with E-state index in [2.05, 4.69) is 29.6 Å². The summed E-state index contributed by atoms with van der Waals surface area (Å²) in [5, 5.41) is 3.34. The summed E-state index contributed by atoms with van der Waals surface area (Å²) in [6, 6.07) is 31.6. The van der Waals surface area contributed by atoms with Gasteiger partial charge in [-0.2, -0.15) is 0 Å². The highest BCUT2D eigenvalue weighted by molar-refractivity contribution is 7.89. The van der Waals surface area contributed by atoms with Gasteiger partial charge in [-0.15, -0.1) is 0 Å². The highest BCUT2D eigenvalue weighted by atomic mass is 32.2. The minimum Gasteiger partial charge on any atom is -0.493 e. The van der Waals surface area contributed by atoms with E-state index in [0.717, 1.165) is 36.8 Å². The van der Waals surface area contributed by atoms with Gasteiger partial charge in [-0.3, -0.25) is 4.79 Å². The minimum absolute atomic E-state index is 0.000767. The molecule has 0 radical (unpaired) electrons. The van der Waals surface area contributed by atoms with Gasteiger partial charge in [0.2, 0.25) is 0 Å². The Bertz CT molecular complexity index is 1620. The van der Waals surface area contributed by atoms with E-state index in [1.807, 2.05) is 60.7 Å². The average molecular weight is 627 g/mol. The first-order chi connectivity index (χ1) is 21.9. The van der Waals surface area contributed by atoms with Gasteiger partial charge in [0.25, 0.3) is 15.9 Å². The quantitative estimate of drug-likeness (QED) is 0.176. The molecule has 45 heavy (non-hydrogen) atoms. The summed E-state index contributed by atoms with van der Waals surface area (Å²) in [5.41, 5.74) is 4.55.